The summed E-state index contributed by atoms with van der Waals surface area (Å²) in [4.78, 5) is 21.0. The van der Waals surface area contributed by atoms with Gasteiger partial charge in [-0.15, -0.1) is 0 Å². The number of nitrogen functional groups attached to an aromatic ring is 1. The quantitative estimate of drug-likeness (QED) is 0.635. The van der Waals surface area contributed by atoms with Crippen molar-refractivity contribution < 1.29 is 14.8 Å². The summed E-state index contributed by atoms with van der Waals surface area (Å²) < 4.78 is 1.24. The Morgan fingerprint density at radius 1 is 1.42 bits per heavy atom. The summed E-state index contributed by atoms with van der Waals surface area (Å²) >= 11 is 0. The lowest BCUT2D eigenvalue weighted by Crippen LogP contribution is -2.03. The van der Waals surface area contributed by atoms with Crippen molar-refractivity contribution in [3.8, 4) is 5.69 Å². The first kappa shape index (κ1) is 12.6. The van der Waals surface area contributed by atoms with Gasteiger partial charge in [-0.3, -0.25) is 10.1 Å². The number of anilines is 1. The van der Waals surface area contributed by atoms with E-state index in [-0.39, 0.29) is 17.2 Å². The molecule has 0 radical (unpaired) electrons. The summed E-state index contributed by atoms with van der Waals surface area (Å²) in [5.41, 5.74) is 6.38. The van der Waals surface area contributed by atoms with Crippen LogP contribution in [0.5, 0.6) is 0 Å². The van der Waals surface area contributed by atoms with Crippen LogP contribution >= 0.6 is 0 Å². The molecule has 19 heavy (non-hydrogen) atoms. The molecule has 0 aliphatic carbocycles. The molecule has 1 aromatic carbocycles. The minimum absolute atomic E-state index is 0.0651. The first-order chi connectivity index (χ1) is 8.91. The van der Waals surface area contributed by atoms with E-state index in [2.05, 4.69) is 5.10 Å². The zero-order valence-electron chi connectivity index (χ0n) is 9.90. The van der Waals surface area contributed by atoms with Crippen molar-refractivity contribution in [2.45, 2.75) is 6.92 Å². The fourth-order valence-corrected chi connectivity index (χ4v) is 1.62. The van der Waals surface area contributed by atoms with Gasteiger partial charge in [0, 0.05) is 17.7 Å². The van der Waals surface area contributed by atoms with Gasteiger partial charge in [-0.1, -0.05) is 0 Å². The lowest BCUT2D eigenvalue weighted by atomic mass is 10.2. The lowest BCUT2D eigenvalue weighted by molar-refractivity contribution is -0.384. The Morgan fingerprint density at radius 2 is 2.00 bits per heavy atom. The number of carboxylic acids is 1. The Labute approximate surface area is 107 Å². The van der Waals surface area contributed by atoms with E-state index in [1.165, 1.54) is 28.9 Å². The van der Waals surface area contributed by atoms with Crippen LogP contribution in [0.1, 0.15) is 16.1 Å². The predicted molar refractivity (Wildman–Crippen MR) is 66.3 cm³/mol. The SMILES string of the molecule is Cc1c(C(=O)O)nn(-c2ccc([N+](=O)[O-])cc2)c1N. The van der Waals surface area contributed by atoms with Gasteiger partial charge >= 0.3 is 5.97 Å². The highest BCUT2D eigenvalue weighted by atomic mass is 16.6. The number of nitro benzene ring substituents is 1. The van der Waals surface area contributed by atoms with Crippen LogP contribution in [0.2, 0.25) is 0 Å². The van der Waals surface area contributed by atoms with Crippen LogP contribution in [0.15, 0.2) is 24.3 Å². The minimum Gasteiger partial charge on any atom is -0.476 e. The van der Waals surface area contributed by atoms with E-state index in [1.807, 2.05) is 0 Å². The third-order valence-corrected chi connectivity index (χ3v) is 2.68. The number of nitro groups is 1. The molecule has 2 aromatic rings. The highest BCUT2D eigenvalue weighted by Crippen LogP contribution is 2.22. The molecular weight excluding hydrogens is 252 g/mol. The first-order valence-corrected chi connectivity index (χ1v) is 5.25. The van der Waals surface area contributed by atoms with Crippen molar-refractivity contribution in [3.63, 3.8) is 0 Å². The average molecular weight is 262 g/mol. The highest BCUT2D eigenvalue weighted by molar-refractivity contribution is 5.88. The first-order valence-electron chi connectivity index (χ1n) is 5.25. The van der Waals surface area contributed by atoms with Crippen LogP contribution in [-0.2, 0) is 0 Å². The number of carboxylic acid groups (broad SMARTS) is 1. The van der Waals surface area contributed by atoms with Gasteiger partial charge in [0.05, 0.1) is 10.6 Å². The lowest BCUT2D eigenvalue weighted by Gasteiger charge is -2.03. The van der Waals surface area contributed by atoms with Crippen LogP contribution in [0, 0.1) is 17.0 Å². The topological polar surface area (TPSA) is 124 Å². The number of rotatable bonds is 3. The second-order valence-corrected chi connectivity index (χ2v) is 3.85. The summed E-state index contributed by atoms with van der Waals surface area (Å²) in [6, 6.07) is 5.50. The van der Waals surface area contributed by atoms with E-state index in [4.69, 9.17) is 10.8 Å². The molecule has 0 saturated heterocycles. The molecule has 0 atom stereocenters. The molecule has 0 spiro atoms. The molecule has 8 nitrogen and oxygen atoms in total. The normalized spacial score (nSPS) is 10.4. The van der Waals surface area contributed by atoms with Crippen molar-refractivity contribution in [2.24, 2.45) is 0 Å². The van der Waals surface area contributed by atoms with E-state index in [1.54, 1.807) is 6.92 Å². The molecule has 0 fully saturated rings. The van der Waals surface area contributed by atoms with Gasteiger partial charge in [0.25, 0.3) is 5.69 Å². The van der Waals surface area contributed by atoms with Gasteiger partial charge in [0.2, 0.25) is 0 Å². The predicted octanol–water partition coefficient (Wildman–Crippen LogP) is 1.37. The molecule has 0 unspecified atom stereocenters. The largest absolute Gasteiger partial charge is 0.476 e. The van der Waals surface area contributed by atoms with Crippen LogP contribution in [0.3, 0.4) is 0 Å². The zero-order valence-corrected chi connectivity index (χ0v) is 9.90. The van der Waals surface area contributed by atoms with E-state index in [9.17, 15) is 14.9 Å². The van der Waals surface area contributed by atoms with E-state index >= 15 is 0 Å². The van der Waals surface area contributed by atoms with E-state index in [0.29, 0.717) is 11.3 Å². The van der Waals surface area contributed by atoms with Crippen LogP contribution < -0.4 is 5.73 Å². The van der Waals surface area contributed by atoms with Crippen LogP contribution in [0.4, 0.5) is 11.5 Å². The van der Waals surface area contributed by atoms with Gasteiger partial charge in [-0.2, -0.15) is 5.10 Å². The highest BCUT2D eigenvalue weighted by Gasteiger charge is 2.18. The average Bonchev–Trinajstić information content (AvgIpc) is 2.67. The Hall–Kier alpha value is -2.90. The molecule has 8 heteroatoms. The number of nitrogens with zero attached hydrogens (tertiary/aromatic N) is 3. The maximum Gasteiger partial charge on any atom is 0.356 e. The number of nitrogens with two attached hydrogens (primary N) is 1. The Kier molecular flexibility index (Phi) is 2.91. The molecule has 0 aliphatic rings. The van der Waals surface area contributed by atoms with Crippen molar-refractivity contribution >= 4 is 17.5 Å². The number of carbonyl (C=O) groups is 1. The number of hydrogen-bond donors (Lipinski definition) is 2. The van der Waals surface area contributed by atoms with Crippen molar-refractivity contribution in [2.75, 3.05) is 5.73 Å². The third kappa shape index (κ3) is 2.10. The Bertz CT molecular complexity index is 660. The fraction of sp³-hybridized carbons (Fsp3) is 0.0909. The van der Waals surface area contributed by atoms with Gasteiger partial charge in [0.1, 0.15) is 5.82 Å². The maximum absolute atomic E-state index is 10.9. The molecule has 2 rings (SSSR count). The van der Waals surface area contributed by atoms with Gasteiger partial charge in [0.15, 0.2) is 5.69 Å². The Balaban J connectivity index is 2.50. The van der Waals surface area contributed by atoms with Crippen molar-refractivity contribution in [3.05, 3.63) is 45.6 Å². The molecule has 0 aliphatic heterocycles. The monoisotopic (exact) mass is 262 g/mol. The summed E-state index contributed by atoms with van der Waals surface area (Å²) in [6.45, 7) is 1.55. The molecular formula is C11H10N4O4. The second-order valence-electron chi connectivity index (χ2n) is 3.85. The van der Waals surface area contributed by atoms with Gasteiger partial charge in [-0.25, -0.2) is 9.48 Å². The number of non-ortho nitro benzene ring substituents is 1. The molecule has 0 saturated carbocycles. The van der Waals surface area contributed by atoms with Gasteiger partial charge in [-0.05, 0) is 19.1 Å². The van der Waals surface area contributed by atoms with Crippen LogP contribution in [0.25, 0.3) is 5.69 Å². The summed E-state index contributed by atoms with van der Waals surface area (Å²) in [6.07, 6.45) is 0. The minimum atomic E-state index is -1.18. The number of hydrogen-bond acceptors (Lipinski definition) is 5. The van der Waals surface area contributed by atoms with Crippen molar-refractivity contribution in [1.82, 2.24) is 9.78 Å². The van der Waals surface area contributed by atoms with Crippen molar-refractivity contribution in [1.29, 1.82) is 0 Å². The fourth-order valence-electron chi connectivity index (χ4n) is 1.62. The smallest absolute Gasteiger partial charge is 0.356 e. The molecule has 1 aromatic heterocycles. The standard InChI is InChI=1S/C11H10N4O4/c1-6-9(11(16)17)13-14(10(6)12)7-2-4-8(5-3-7)15(18)19/h2-5H,12H2,1H3,(H,16,17). The number of aromatic carboxylic acids is 1. The maximum atomic E-state index is 10.9. The number of aromatic nitrogens is 2. The van der Waals surface area contributed by atoms with Gasteiger partial charge < -0.3 is 10.8 Å². The molecule has 1 heterocycles. The second kappa shape index (κ2) is 4.41. The Morgan fingerprint density at radius 3 is 2.42 bits per heavy atom. The summed E-state index contributed by atoms with van der Waals surface area (Å²) in [5, 5.41) is 23.4. The molecule has 3 N–H and O–H groups in total. The van der Waals surface area contributed by atoms with E-state index < -0.39 is 10.9 Å². The summed E-state index contributed by atoms with van der Waals surface area (Å²) in [5.74, 6) is -0.990. The zero-order chi connectivity index (χ0) is 14.2. The molecule has 0 bridgehead atoms. The third-order valence-electron chi connectivity index (χ3n) is 2.68. The molecule has 0 amide bonds. The molecule has 98 valence electrons. The van der Waals surface area contributed by atoms with Crippen LogP contribution in [-0.4, -0.2) is 25.8 Å². The summed E-state index contributed by atoms with van der Waals surface area (Å²) in [7, 11) is 0. The van der Waals surface area contributed by atoms with E-state index in [0.717, 1.165) is 0 Å². The number of benzene rings is 1.